The molecule has 196 valence electrons. The maximum absolute atomic E-state index is 14.3. The number of rotatable bonds is 10. The van der Waals surface area contributed by atoms with Crippen molar-refractivity contribution in [2.75, 3.05) is 0 Å². The van der Waals surface area contributed by atoms with E-state index in [4.69, 9.17) is 0 Å². The third-order valence-corrected chi connectivity index (χ3v) is 6.40. The molecule has 38 heavy (non-hydrogen) atoms. The minimum atomic E-state index is -1.04. The summed E-state index contributed by atoms with van der Waals surface area (Å²) in [7, 11) is 0. The topological polar surface area (TPSA) is 139 Å². The first kappa shape index (κ1) is 26.3. The van der Waals surface area contributed by atoms with Crippen LogP contribution in [0, 0.1) is 45.7 Å². The van der Waals surface area contributed by atoms with E-state index in [0.29, 0.717) is 11.1 Å². The number of hydrogen-bond acceptors (Lipinski definition) is 7. The van der Waals surface area contributed by atoms with Gasteiger partial charge in [-0.3, -0.25) is 4.79 Å². The highest BCUT2D eigenvalue weighted by molar-refractivity contribution is 5.91. The number of nitro groups is 2. The lowest BCUT2D eigenvalue weighted by Gasteiger charge is -2.22. The average Bonchev–Trinajstić information content (AvgIpc) is 3.44. The highest BCUT2D eigenvalue weighted by Crippen LogP contribution is 2.33. The van der Waals surface area contributed by atoms with Gasteiger partial charge in [-0.25, -0.2) is 27.9 Å². The first-order chi connectivity index (χ1) is 18.1. The fourth-order valence-electron chi connectivity index (χ4n) is 4.37. The minimum Gasteiger partial charge on any atom is -0.358 e. The average molecular weight is 524 g/mol. The van der Waals surface area contributed by atoms with Crippen LogP contribution in [-0.2, 0) is 17.9 Å². The van der Waals surface area contributed by atoms with Gasteiger partial charge in [-0.05, 0) is 45.2 Å². The maximum Gasteiger partial charge on any atom is 0.342 e. The van der Waals surface area contributed by atoms with Crippen molar-refractivity contribution in [1.29, 1.82) is 0 Å². The van der Waals surface area contributed by atoms with Crippen molar-refractivity contribution >= 4 is 17.4 Å². The second kappa shape index (κ2) is 10.7. The summed E-state index contributed by atoms with van der Waals surface area (Å²) in [4.78, 5) is 44.2. The van der Waals surface area contributed by atoms with Crippen LogP contribution < -0.4 is 0 Å². The summed E-state index contributed by atoms with van der Waals surface area (Å²) in [5.74, 6) is -3.71. The van der Waals surface area contributed by atoms with E-state index in [-0.39, 0.29) is 36.4 Å². The molecule has 2 atom stereocenters. The molecule has 0 saturated heterocycles. The van der Waals surface area contributed by atoms with Gasteiger partial charge in [0.2, 0.25) is 0 Å². The molecule has 13 heteroatoms. The fraction of sp³-hybridized carbons (Fsp3) is 0.240. The Labute approximate surface area is 214 Å². The first-order valence-corrected chi connectivity index (χ1v) is 11.4. The number of benzene rings is 2. The molecule has 0 fully saturated rings. The number of ketones is 1. The normalized spacial score (nSPS) is 12.7. The molecule has 0 bridgehead atoms. The molecule has 2 unspecified atom stereocenters. The van der Waals surface area contributed by atoms with Gasteiger partial charge >= 0.3 is 11.6 Å². The smallest absolute Gasteiger partial charge is 0.342 e. The molecule has 4 aromatic rings. The second-order valence-electron chi connectivity index (χ2n) is 8.67. The highest BCUT2D eigenvalue weighted by Gasteiger charge is 2.36. The largest absolute Gasteiger partial charge is 0.358 e. The summed E-state index contributed by atoms with van der Waals surface area (Å²) >= 11 is 0. The van der Waals surface area contributed by atoms with Crippen LogP contribution in [0.25, 0.3) is 0 Å². The molecule has 2 heterocycles. The quantitative estimate of drug-likeness (QED) is 0.218. The summed E-state index contributed by atoms with van der Waals surface area (Å²) in [5.41, 5.74) is 0.755. The molecule has 0 aliphatic carbocycles. The minimum absolute atomic E-state index is 0.199. The van der Waals surface area contributed by atoms with Gasteiger partial charge < -0.3 is 20.2 Å². The molecular formula is C25H22F2N6O5. The summed E-state index contributed by atoms with van der Waals surface area (Å²) < 4.78 is 30.0. The van der Waals surface area contributed by atoms with Crippen LogP contribution >= 0.6 is 0 Å². The van der Waals surface area contributed by atoms with E-state index >= 15 is 0 Å². The van der Waals surface area contributed by atoms with Crippen LogP contribution in [0.2, 0.25) is 0 Å². The zero-order chi connectivity index (χ0) is 27.6. The Hall–Kier alpha value is -4.81. The van der Waals surface area contributed by atoms with Crippen LogP contribution in [0.5, 0.6) is 0 Å². The van der Waals surface area contributed by atoms with Crippen LogP contribution in [0.15, 0.2) is 60.9 Å². The monoisotopic (exact) mass is 524 g/mol. The van der Waals surface area contributed by atoms with E-state index in [1.54, 1.807) is 13.8 Å². The Morgan fingerprint density at radius 2 is 1.11 bits per heavy atom. The lowest BCUT2D eigenvalue weighted by atomic mass is 9.83. The summed E-state index contributed by atoms with van der Waals surface area (Å²) in [6.07, 6.45) is 2.16. The van der Waals surface area contributed by atoms with Gasteiger partial charge in [0.1, 0.15) is 37.1 Å². The van der Waals surface area contributed by atoms with Crippen molar-refractivity contribution in [2.45, 2.75) is 38.8 Å². The van der Waals surface area contributed by atoms with Crippen LogP contribution in [-0.4, -0.2) is 34.7 Å². The standard InChI is InChI=1S/C25H22F2N6O5/c1-15-28-11-23(32(35)36)30(15)13-21(17-3-7-19(26)8-4-17)25(34)22(18-5-9-20(27)10-6-18)14-31-16(2)29-12-24(31)33(37)38/h3-12,21-22H,13-14H2,1-2H3. The number of aromatic nitrogens is 4. The van der Waals surface area contributed by atoms with Gasteiger partial charge in [0.05, 0.1) is 11.8 Å². The van der Waals surface area contributed by atoms with Crippen molar-refractivity contribution in [3.05, 3.63) is 116 Å². The number of aryl methyl sites for hydroxylation is 2. The van der Waals surface area contributed by atoms with Crippen molar-refractivity contribution in [3.63, 3.8) is 0 Å². The molecule has 0 amide bonds. The van der Waals surface area contributed by atoms with Crippen molar-refractivity contribution in [3.8, 4) is 0 Å². The molecule has 2 aromatic carbocycles. The first-order valence-electron chi connectivity index (χ1n) is 11.4. The number of halogens is 2. The Kier molecular flexibility index (Phi) is 7.37. The van der Waals surface area contributed by atoms with Crippen LogP contribution in [0.4, 0.5) is 20.4 Å². The number of hydrogen-bond donors (Lipinski definition) is 0. The summed E-state index contributed by atoms with van der Waals surface area (Å²) in [6.45, 7) is 2.70. The van der Waals surface area contributed by atoms with Crippen molar-refractivity contribution in [2.24, 2.45) is 0 Å². The number of carbonyl (C=O) groups is 1. The van der Waals surface area contributed by atoms with E-state index in [2.05, 4.69) is 9.97 Å². The van der Waals surface area contributed by atoms with Gasteiger partial charge in [-0.1, -0.05) is 24.3 Å². The lowest BCUT2D eigenvalue weighted by molar-refractivity contribution is -0.392. The highest BCUT2D eigenvalue weighted by atomic mass is 19.1. The Morgan fingerprint density at radius 3 is 1.42 bits per heavy atom. The zero-order valence-electron chi connectivity index (χ0n) is 20.3. The molecule has 0 N–H and O–H groups in total. The molecule has 0 spiro atoms. The van der Waals surface area contributed by atoms with E-state index in [0.717, 1.165) is 12.4 Å². The summed E-state index contributed by atoms with van der Waals surface area (Å²) in [6, 6.07) is 10.3. The molecule has 0 aliphatic heterocycles. The molecular weight excluding hydrogens is 502 g/mol. The third kappa shape index (κ3) is 5.31. The third-order valence-electron chi connectivity index (χ3n) is 6.40. The Bertz CT molecular complexity index is 1390. The van der Waals surface area contributed by atoms with Gasteiger partial charge in [0.25, 0.3) is 0 Å². The molecule has 0 saturated carbocycles. The predicted molar refractivity (Wildman–Crippen MR) is 131 cm³/mol. The maximum atomic E-state index is 14.3. The Balaban J connectivity index is 1.84. The molecule has 0 radical (unpaired) electrons. The lowest BCUT2D eigenvalue weighted by Crippen LogP contribution is -2.28. The number of nitrogens with zero attached hydrogens (tertiary/aromatic N) is 6. The number of carbonyl (C=O) groups excluding carboxylic acids is 1. The van der Waals surface area contributed by atoms with Crippen LogP contribution in [0.1, 0.15) is 34.6 Å². The number of Topliss-reactive ketones (excluding diaryl/α,β-unsaturated/α-hetero) is 1. The molecule has 0 aliphatic rings. The Morgan fingerprint density at radius 1 is 0.763 bits per heavy atom. The van der Waals surface area contributed by atoms with Gasteiger partial charge in [-0.15, -0.1) is 0 Å². The second-order valence-corrected chi connectivity index (χ2v) is 8.67. The van der Waals surface area contributed by atoms with Crippen molar-refractivity contribution < 1.29 is 23.4 Å². The predicted octanol–water partition coefficient (Wildman–Crippen LogP) is 4.63. The van der Waals surface area contributed by atoms with Gasteiger partial charge in [-0.2, -0.15) is 0 Å². The van der Waals surface area contributed by atoms with Crippen LogP contribution in [0.3, 0.4) is 0 Å². The molecule has 2 aromatic heterocycles. The van der Waals surface area contributed by atoms with E-state index in [9.17, 15) is 33.8 Å². The number of imidazole rings is 2. The molecule has 4 rings (SSSR count). The van der Waals surface area contributed by atoms with E-state index in [1.165, 1.54) is 57.7 Å². The molecule has 11 nitrogen and oxygen atoms in total. The fourth-order valence-corrected chi connectivity index (χ4v) is 4.37. The van der Waals surface area contributed by atoms with Gasteiger partial charge in [0, 0.05) is 13.8 Å². The van der Waals surface area contributed by atoms with E-state index in [1.807, 2.05) is 0 Å². The van der Waals surface area contributed by atoms with E-state index < -0.39 is 39.1 Å². The van der Waals surface area contributed by atoms with Crippen molar-refractivity contribution in [1.82, 2.24) is 19.1 Å². The summed E-state index contributed by atoms with van der Waals surface area (Å²) in [5, 5.41) is 23.2. The zero-order valence-corrected chi connectivity index (χ0v) is 20.3. The van der Waals surface area contributed by atoms with Gasteiger partial charge in [0.15, 0.2) is 17.4 Å². The SMILES string of the molecule is Cc1ncc([N+](=O)[O-])n1CC(C(=O)C(Cn1c([N+](=O)[O-])cnc1C)c1ccc(F)cc1)c1ccc(F)cc1.